The highest BCUT2D eigenvalue weighted by Gasteiger charge is 2.28. The van der Waals surface area contributed by atoms with E-state index in [1.165, 1.54) is 0 Å². The molecule has 3 N–H and O–H groups in total. The van der Waals surface area contributed by atoms with E-state index in [9.17, 15) is 14.4 Å². The number of carbonyl (C=O) groups is 3. The molecule has 7 nitrogen and oxygen atoms in total. The fraction of sp³-hybridized carbons (Fsp3) is 0.300. The minimum atomic E-state index is -0.722. The molecule has 0 heterocycles. The number of unbranched alkanes of at least 4 members (excludes halogenated alkanes) is 1. The highest BCUT2D eigenvalue weighted by Crippen LogP contribution is 2.20. The van der Waals surface area contributed by atoms with Crippen molar-refractivity contribution in [1.82, 2.24) is 16.0 Å². The van der Waals surface area contributed by atoms with Gasteiger partial charge in [-0.2, -0.15) is 0 Å². The van der Waals surface area contributed by atoms with Crippen molar-refractivity contribution in [1.29, 1.82) is 0 Å². The Labute approximate surface area is 218 Å². The van der Waals surface area contributed by atoms with Gasteiger partial charge in [-0.25, -0.2) is 4.79 Å². The number of benzene rings is 3. The van der Waals surface area contributed by atoms with Crippen LogP contribution < -0.4 is 16.0 Å². The molecule has 0 bridgehead atoms. The Balaban J connectivity index is 1.52. The first-order valence-corrected chi connectivity index (χ1v) is 12.5. The monoisotopic (exact) mass is 501 g/mol. The zero-order chi connectivity index (χ0) is 26.5. The number of rotatable bonds is 12. The van der Waals surface area contributed by atoms with E-state index in [-0.39, 0.29) is 18.4 Å². The number of carbonyl (C=O) groups excluding carboxylic acids is 3. The highest BCUT2D eigenvalue weighted by molar-refractivity contribution is 5.97. The Morgan fingerprint density at radius 2 is 1.41 bits per heavy atom. The van der Waals surface area contributed by atoms with Gasteiger partial charge in [0.05, 0.1) is 5.54 Å². The average molecular weight is 502 g/mol. The summed E-state index contributed by atoms with van der Waals surface area (Å²) >= 11 is 0. The maximum absolute atomic E-state index is 13.3. The Hall–Kier alpha value is -4.13. The number of nitrogens with one attached hydrogen (secondary N) is 3. The van der Waals surface area contributed by atoms with Crippen LogP contribution in [-0.4, -0.2) is 30.5 Å². The van der Waals surface area contributed by atoms with E-state index in [0.717, 1.165) is 11.1 Å². The molecule has 1 atom stereocenters. The van der Waals surface area contributed by atoms with Crippen molar-refractivity contribution >= 4 is 17.9 Å². The SMILES string of the molecule is CC(C)(NC(=O)[C@H](CCCCNC(=O)OCc1ccccc1)NC(=O)c1ccccc1)c1ccccc1. The van der Waals surface area contributed by atoms with Gasteiger partial charge in [0.2, 0.25) is 5.91 Å². The summed E-state index contributed by atoms with van der Waals surface area (Å²) in [5, 5.41) is 8.69. The molecule has 0 spiro atoms. The third-order valence-electron chi connectivity index (χ3n) is 5.99. The van der Waals surface area contributed by atoms with E-state index >= 15 is 0 Å². The van der Waals surface area contributed by atoms with Gasteiger partial charge in [-0.1, -0.05) is 78.9 Å². The minimum absolute atomic E-state index is 0.206. The van der Waals surface area contributed by atoms with Crippen molar-refractivity contribution in [3.8, 4) is 0 Å². The van der Waals surface area contributed by atoms with Gasteiger partial charge in [0.25, 0.3) is 5.91 Å². The molecule has 0 saturated carbocycles. The summed E-state index contributed by atoms with van der Waals surface area (Å²) in [6.45, 7) is 4.48. The fourth-order valence-corrected chi connectivity index (χ4v) is 3.86. The van der Waals surface area contributed by atoms with E-state index in [2.05, 4.69) is 16.0 Å². The van der Waals surface area contributed by atoms with Gasteiger partial charge in [0, 0.05) is 12.1 Å². The van der Waals surface area contributed by atoms with Crippen LogP contribution in [0.1, 0.15) is 54.6 Å². The van der Waals surface area contributed by atoms with Crippen LogP contribution in [0, 0.1) is 0 Å². The van der Waals surface area contributed by atoms with Gasteiger partial charge < -0.3 is 20.7 Å². The Kier molecular flexibility index (Phi) is 10.3. The number of amides is 3. The van der Waals surface area contributed by atoms with E-state index in [4.69, 9.17) is 4.74 Å². The largest absolute Gasteiger partial charge is 0.445 e. The molecule has 0 fully saturated rings. The van der Waals surface area contributed by atoms with Gasteiger partial charge >= 0.3 is 6.09 Å². The van der Waals surface area contributed by atoms with Crippen molar-refractivity contribution in [2.24, 2.45) is 0 Å². The van der Waals surface area contributed by atoms with Crippen molar-refractivity contribution in [2.45, 2.75) is 51.3 Å². The van der Waals surface area contributed by atoms with Crippen LogP contribution in [0.3, 0.4) is 0 Å². The van der Waals surface area contributed by atoms with Gasteiger partial charge in [-0.15, -0.1) is 0 Å². The first-order valence-electron chi connectivity index (χ1n) is 12.5. The van der Waals surface area contributed by atoms with Gasteiger partial charge in [0.1, 0.15) is 12.6 Å². The second-order valence-electron chi connectivity index (χ2n) is 9.36. The molecule has 3 rings (SSSR count). The van der Waals surface area contributed by atoms with Crippen molar-refractivity contribution in [2.75, 3.05) is 6.54 Å². The molecule has 3 aromatic rings. The quantitative estimate of drug-likeness (QED) is 0.307. The Morgan fingerprint density at radius 3 is 2.05 bits per heavy atom. The normalized spacial score (nSPS) is 11.7. The van der Waals surface area contributed by atoms with Gasteiger partial charge in [-0.3, -0.25) is 9.59 Å². The van der Waals surface area contributed by atoms with E-state index in [1.54, 1.807) is 24.3 Å². The van der Waals surface area contributed by atoms with E-state index in [1.807, 2.05) is 80.6 Å². The third kappa shape index (κ3) is 9.11. The lowest BCUT2D eigenvalue weighted by molar-refractivity contribution is -0.124. The third-order valence-corrected chi connectivity index (χ3v) is 5.99. The van der Waals surface area contributed by atoms with Gasteiger partial charge in [-0.05, 0) is 56.4 Å². The molecule has 37 heavy (non-hydrogen) atoms. The second-order valence-corrected chi connectivity index (χ2v) is 9.36. The zero-order valence-electron chi connectivity index (χ0n) is 21.4. The minimum Gasteiger partial charge on any atom is -0.445 e. The summed E-state index contributed by atoms with van der Waals surface area (Å²) in [5.74, 6) is -0.561. The standard InChI is InChI=1S/C30H35N3O4/c1-30(2,25-18-10-5-11-19-25)33-28(35)26(32-27(34)24-16-8-4-9-17-24)20-12-13-21-31-29(36)37-22-23-14-6-3-7-15-23/h3-11,14-19,26H,12-13,20-22H2,1-2H3,(H,31,36)(H,32,34)(H,33,35)/t26-/m0/s1. The summed E-state index contributed by atoms with van der Waals surface area (Å²) in [6, 6.07) is 27.3. The molecular formula is C30H35N3O4. The Bertz CT molecular complexity index is 1140. The number of ether oxygens (including phenoxy) is 1. The predicted octanol–water partition coefficient (Wildman–Crippen LogP) is 4.93. The van der Waals surface area contributed by atoms with Crippen LogP contribution in [0.5, 0.6) is 0 Å². The maximum Gasteiger partial charge on any atom is 0.407 e. The van der Waals surface area contributed by atoms with Crippen molar-refractivity contribution < 1.29 is 19.1 Å². The predicted molar refractivity (Wildman–Crippen MR) is 144 cm³/mol. The van der Waals surface area contributed by atoms with Crippen LogP contribution in [0.2, 0.25) is 0 Å². The van der Waals surface area contributed by atoms with E-state index < -0.39 is 17.7 Å². The van der Waals surface area contributed by atoms with Crippen LogP contribution in [-0.2, 0) is 21.7 Å². The summed E-state index contributed by atoms with van der Waals surface area (Å²) in [5.41, 5.74) is 1.76. The molecule has 7 heteroatoms. The first kappa shape index (κ1) is 27.5. The highest BCUT2D eigenvalue weighted by atomic mass is 16.5. The average Bonchev–Trinajstić information content (AvgIpc) is 2.92. The lowest BCUT2D eigenvalue weighted by Crippen LogP contribution is -2.52. The number of hydrogen-bond donors (Lipinski definition) is 3. The molecule has 0 unspecified atom stereocenters. The summed E-state index contributed by atoms with van der Waals surface area (Å²) in [7, 11) is 0. The molecule has 194 valence electrons. The lowest BCUT2D eigenvalue weighted by atomic mass is 9.93. The molecule has 0 aliphatic rings. The molecule has 3 aromatic carbocycles. The molecule has 0 aromatic heterocycles. The smallest absolute Gasteiger partial charge is 0.407 e. The molecule has 0 aliphatic carbocycles. The van der Waals surface area contributed by atoms with Gasteiger partial charge in [0.15, 0.2) is 0 Å². The summed E-state index contributed by atoms with van der Waals surface area (Å²) < 4.78 is 5.22. The molecular weight excluding hydrogens is 466 g/mol. The maximum atomic E-state index is 13.3. The van der Waals surface area contributed by atoms with Crippen LogP contribution in [0.25, 0.3) is 0 Å². The van der Waals surface area contributed by atoms with Crippen molar-refractivity contribution in [3.05, 3.63) is 108 Å². The second kappa shape index (κ2) is 13.8. The first-order chi connectivity index (χ1) is 17.8. The summed E-state index contributed by atoms with van der Waals surface area (Å²) in [4.78, 5) is 38.0. The topological polar surface area (TPSA) is 96.5 Å². The van der Waals surface area contributed by atoms with Crippen LogP contribution in [0.4, 0.5) is 4.79 Å². The van der Waals surface area contributed by atoms with Crippen LogP contribution >= 0.6 is 0 Å². The number of hydrogen-bond acceptors (Lipinski definition) is 4. The fourth-order valence-electron chi connectivity index (χ4n) is 3.86. The van der Waals surface area contributed by atoms with Crippen LogP contribution in [0.15, 0.2) is 91.0 Å². The zero-order valence-corrected chi connectivity index (χ0v) is 21.4. The van der Waals surface area contributed by atoms with Crippen molar-refractivity contribution in [3.63, 3.8) is 0 Å². The molecule has 0 saturated heterocycles. The molecule has 0 radical (unpaired) electrons. The lowest BCUT2D eigenvalue weighted by Gasteiger charge is -2.30. The number of alkyl carbamates (subject to hydrolysis) is 1. The summed E-state index contributed by atoms with van der Waals surface area (Å²) in [6.07, 6.45) is 1.20. The molecule has 0 aliphatic heterocycles. The van der Waals surface area contributed by atoms with E-state index in [0.29, 0.717) is 31.4 Å². The molecule has 3 amide bonds. The Morgan fingerprint density at radius 1 is 0.811 bits per heavy atom.